The number of anilines is 1. The molecule has 0 unspecified atom stereocenters. The summed E-state index contributed by atoms with van der Waals surface area (Å²) in [6.45, 7) is 8.28. The molecule has 4 aromatic rings. The first-order chi connectivity index (χ1) is 15.7. The van der Waals surface area contributed by atoms with Crippen LogP contribution in [0.25, 0.3) is 22.0 Å². The summed E-state index contributed by atoms with van der Waals surface area (Å²) >= 11 is 0. The van der Waals surface area contributed by atoms with Gasteiger partial charge in [0.15, 0.2) is 0 Å². The van der Waals surface area contributed by atoms with Crippen molar-refractivity contribution in [3.8, 4) is 22.6 Å². The number of H-pyrrole nitrogens is 1. The van der Waals surface area contributed by atoms with Gasteiger partial charge in [-0.2, -0.15) is 0 Å². The van der Waals surface area contributed by atoms with E-state index >= 15 is 0 Å². The second-order valence-electron chi connectivity index (χ2n) is 8.41. The Morgan fingerprint density at radius 3 is 2.45 bits per heavy atom. The zero-order chi connectivity index (χ0) is 23.9. The fraction of sp³-hybridized carbons (Fsp3) is 0.231. The molecule has 0 aliphatic carbocycles. The molecule has 7 nitrogen and oxygen atoms in total. The van der Waals surface area contributed by atoms with Crippen molar-refractivity contribution in [1.29, 1.82) is 0 Å². The van der Waals surface area contributed by atoms with Crippen LogP contribution in [0.4, 0.5) is 5.69 Å². The highest BCUT2D eigenvalue weighted by atomic mass is 16.5. The van der Waals surface area contributed by atoms with Gasteiger partial charge in [0.05, 0.1) is 0 Å². The number of carbonyl (C=O) groups excluding carboxylic acids is 1. The molecule has 0 aliphatic rings. The molecule has 0 fully saturated rings. The zero-order valence-corrected chi connectivity index (χ0v) is 19.5. The molecule has 33 heavy (non-hydrogen) atoms. The molecule has 1 amide bonds. The lowest BCUT2D eigenvalue weighted by Crippen LogP contribution is -2.23. The lowest BCUT2D eigenvalue weighted by molar-refractivity contribution is 0.0951. The third-order valence-electron chi connectivity index (χ3n) is 5.61. The van der Waals surface area contributed by atoms with Gasteiger partial charge in [-0.25, -0.2) is 0 Å². The normalized spacial score (nSPS) is 11.1. The topological polar surface area (TPSA) is 102 Å². The average Bonchev–Trinajstić information content (AvgIpc) is 3.19. The van der Waals surface area contributed by atoms with E-state index in [0.717, 1.165) is 33.6 Å². The molecule has 2 aromatic heterocycles. The van der Waals surface area contributed by atoms with Crippen molar-refractivity contribution in [2.75, 3.05) is 12.3 Å². The summed E-state index contributed by atoms with van der Waals surface area (Å²) in [6, 6.07) is 11.5. The number of amides is 1. The van der Waals surface area contributed by atoms with Crippen LogP contribution in [0.15, 0.2) is 47.4 Å². The number of benzene rings is 2. The van der Waals surface area contributed by atoms with Gasteiger partial charge in [-0.15, -0.1) is 0 Å². The molecule has 0 saturated heterocycles. The first kappa shape index (κ1) is 22.2. The number of fused-ring (bicyclic) bond motifs is 1. The molecule has 0 bridgehead atoms. The Kier molecular flexibility index (Phi) is 5.72. The smallest absolute Gasteiger partial charge is 0.274 e. The summed E-state index contributed by atoms with van der Waals surface area (Å²) in [4.78, 5) is 28.1. The lowest BCUT2D eigenvalue weighted by Gasteiger charge is -2.15. The van der Waals surface area contributed by atoms with Crippen molar-refractivity contribution in [2.45, 2.75) is 27.7 Å². The van der Waals surface area contributed by atoms with Crippen molar-refractivity contribution in [1.82, 2.24) is 14.9 Å². The standard InChI is InChI=1S/C26H28N4O3/c1-6-28-25(31)22-12-20-21(13-30(5)26(32)23(20)29-22)17-7-14(2)8-19(11-17)33-24-15(3)9-18(27)10-16(24)4/h7-13,29H,6,27H2,1-5H3,(H,28,31). The Morgan fingerprint density at radius 2 is 1.79 bits per heavy atom. The molecule has 0 atom stereocenters. The third kappa shape index (κ3) is 4.22. The molecule has 7 heteroatoms. The number of nitrogens with zero attached hydrogens (tertiary/aromatic N) is 1. The number of aryl methyl sites for hydroxylation is 4. The number of rotatable bonds is 5. The molecule has 4 rings (SSSR count). The fourth-order valence-corrected chi connectivity index (χ4v) is 4.17. The van der Waals surface area contributed by atoms with Crippen molar-refractivity contribution in [2.24, 2.45) is 7.05 Å². The molecule has 0 radical (unpaired) electrons. The summed E-state index contributed by atoms with van der Waals surface area (Å²) < 4.78 is 7.80. The highest BCUT2D eigenvalue weighted by Crippen LogP contribution is 2.35. The Bertz CT molecular complexity index is 1420. The van der Waals surface area contributed by atoms with E-state index in [4.69, 9.17) is 10.5 Å². The van der Waals surface area contributed by atoms with Crippen LogP contribution in [-0.2, 0) is 7.05 Å². The van der Waals surface area contributed by atoms with Gasteiger partial charge in [0.25, 0.3) is 11.5 Å². The highest BCUT2D eigenvalue weighted by molar-refractivity contribution is 6.02. The molecule has 0 saturated carbocycles. The second kappa shape index (κ2) is 8.50. The Hall–Kier alpha value is -4.00. The molecule has 2 aromatic carbocycles. The number of nitrogen functional groups attached to an aromatic ring is 1. The Labute approximate surface area is 192 Å². The molecule has 4 N–H and O–H groups in total. The van der Waals surface area contributed by atoms with E-state index in [1.165, 1.54) is 4.57 Å². The van der Waals surface area contributed by atoms with Crippen LogP contribution >= 0.6 is 0 Å². The number of ether oxygens (including phenoxy) is 1. The number of aromatic nitrogens is 2. The van der Waals surface area contributed by atoms with Gasteiger partial charge in [0, 0.05) is 36.4 Å². The lowest BCUT2D eigenvalue weighted by atomic mass is 10.0. The van der Waals surface area contributed by atoms with Gasteiger partial charge in [-0.3, -0.25) is 9.59 Å². The predicted molar refractivity (Wildman–Crippen MR) is 132 cm³/mol. The zero-order valence-electron chi connectivity index (χ0n) is 19.5. The maximum Gasteiger partial charge on any atom is 0.274 e. The molecule has 2 heterocycles. The first-order valence-electron chi connectivity index (χ1n) is 10.8. The first-order valence-corrected chi connectivity index (χ1v) is 10.8. The van der Waals surface area contributed by atoms with Crippen LogP contribution in [0.5, 0.6) is 11.5 Å². The maximum absolute atomic E-state index is 12.7. The largest absolute Gasteiger partial charge is 0.457 e. The monoisotopic (exact) mass is 444 g/mol. The summed E-state index contributed by atoms with van der Waals surface area (Å²) in [5.74, 6) is 1.21. The van der Waals surface area contributed by atoms with Crippen molar-refractivity contribution < 1.29 is 9.53 Å². The molecular formula is C26H28N4O3. The SMILES string of the molecule is CCNC(=O)c1cc2c(-c3cc(C)cc(Oc4c(C)cc(N)cc4C)c3)cn(C)c(=O)c2[nH]1. The van der Waals surface area contributed by atoms with Crippen molar-refractivity contribution in [3.63, 3.8) is 0 Å². The minimum Gasteiger partial charge on any atom is -0.457 e. The number of pyridine rings is 1. The van der Waals surface area contributed by atoms with E-state index in [1.54, 1.807) is 19.3 Å². The highest BCUT2D eigenvalue weighted by Gasteiger charge is 2.17. The van der Waals surface area contributed by atoms with Crippen LogP contribution in [0.3, 0.4) is 0 Å². The van der Waals surface area contributed by atoms with Gasteiger partial charge in [-0.1, -0.05) is 6.07 Å². The molecular weight excluding hydrogens is 416 g/mol. The summed E-state index contributed by atoms with van der Waals surface area (Å²) in [5.41, 5.74) is 11.8. The quantitative estimate of drug-likeness (QED) is 0.392. The molecule has 170 valence electrons. The average molecular weight is 445 g/mol. The number of nitrogens with one attached hydrogen (secondary N) is 2. The molecule has 0 aliphatic heterocycles. The van der Waals surface area contributed by atoms with Gasteiger partial charge >= 0.3 is 0 Å². The molecule has 0 spiro atoms. The van der Waals surface area contributed by atoms with Crippen molar-refractivity contribution >= 4 is 22.5 Å². The van der Waals surface area contributed by atoms with Gasteiger partial charge in [-0.05, 0) is 80.3 Å². The summed E-state index contributed by atoms with van der Waals surface area (Å²) in [7, 11) is 1.70. The second-order valence-corrected chi connectivity index (χ2v) is 8.41. The summed E-state index contributed by atoms with van der Waals surface area (Å²) in [5, 5.41) is 3.46. The van der Waals surface area contributed by atoms with Crippen LogP contribution < -0.4 is 21.3 Å². The van der Waals surface area contributed by atoms with E-state index < -0.39 is 0 Å². The van der Waals surface area contributed by atoms with Gasteiger partial charge < -0.3 is 25.3 Å². The predicted octanol–water partition coefficient (Wildman–Crippen LogP) is 4.58. The maximum atomic E-state index is 12.7. The van der Waals surface area contributed by atoms with E-state index in [0.29, 0.717) is 34.6 Å². The number of aromatic amines is 1. The van der Waals surface area contributed by atoms with E-state index in [9.17, 15) is 9.59 Å². The number of carbonyl (C=O) groups is 1. The Morgan fingerprint density at radius 1 is 1.09 bits per heavy atom. The van der Waals surface area contributed by atoms with E-state index in [-0.39, 0.29) is 11.5 Å². The van der Waals surface area contributed by atoms with Crippen molar-refractivity contribution in [3.05, 3.63) is 75.3 Å². The minimum atomic E-state index is -0.246. The van der Waals surface area contributed by atoms with Crippen LogP contribution in [0.2, 0.25) is 0 Å². The number of hydrogen-bond donors (Lipinski definition) is 3. The van der Waals surface area contributed by atoms with Crippen LogP contribution in [0, 0.1) is 20.8 Å². The number of nitrogens with two attached hydrogens (primary N) is 1. The van der Waals surface area contributed by atoms with Crippen LogP contribution in [-0.4, -0.2) is 22.0 Å². The van der Waals surface area contributed by atoms with E-state index in [1.807, 2.05) is 58.0 Å². The van der Waals surface area contributed by atoms with Gasteiger partial charge in [0.2, 0.25) is 0 Å². The minimum absolute atomic E-state index is 0.193. The number of hydrogen-bond acceptors (Lipinski definition) is 4. The van der Waals surface area contributed by atoms with Crippen LogP contribution in [0.1, 0.15) is 34.1 Å². The van der Waals surface area contributed by atoms with E-state index in [2.05, 4.69) is 10.3 Å². The Balaban J connectivity index is 1.85. The van der Waals surface area contributed by atoms with Gasteiger partial charge in [0.1, 0.15) is 22.7 Å². The summed E-state index contributed by atoms with van der Waals surface area (Å²) in [6.07, 6.45) is 1.79. The fourth-order valence-electron chi connectivity index (χ4n) is 4.17. The third-order valence-corrected chi connectivity index (χ3v) is 5.61.